The van der Waals surface area contributed by atoms with Crippen LogP contribution in [0.3, 0.4) is 0 Å². The van der Waals surface area contributed by atoms with Crippen LogP contribution < -0.4 is 19.5 Å². The fourth-order valence-corrected chi connectivity index (χ4v) is 3.83. The molecule has 1 saturated carbocycles. The quantitative estimate of drug-likeness (QED) is 0.791. The van der Waals surface area contributed by atoms with E-state index >= 15 is 0 Å². The Kier molecular flexibility index (Phi) is 5.53. The number of rotatable bonds is 6. The molecule has 7 nitrogen and oxygen atoms in total. The monoisotopic (exact) mass is 410 g/mol. The molecular weight excluding hydrogens is 384 g/mol. The van der Waals surface area contributed by atoms with Crippen molar-refractivity contribution in [3.63, 3.8) is 0 Å². The molecule has 2 aromatic carbocycles. The molecule has 0 spiro atoms. The van der Waals surface area contributed by atoms with Crippen LogP contribution in [0.15, 0.2) is 30.3 Å². The van der Waals surface area contributed by atoms with Crippen molar-refractivity contribution in [3.05, 3.63) is 47.0 Å². The van der Waals surface area contributed by atoms with Crippen LogP contribution >= 0.6 is 0 Å². The average molecular weight is 410 g/mol. The first kappa shape index (κ1) is 20.1. The van der Waals surface area contributed by atoms with Gasteiger partial charge in [-0.05, 0) is 54.7 Å². The van der Waals surface area contributed by atoms with Crippen LogP contribution in [0.4, 0.5) is 5.69 Å². The number of nitrogens with zero attached hydrogens (tertiary/aromatic N) is 1. The zero-order valence-electron chi connectivity index (χ0n) is 17.5. The molecule has 7 heteroatoms. The number of benzene rings is 2. The van der Waals surface area contributed by atoms with Gasteiger partial charge in [0.2, 0.25) is 11.7 Å². The van der Waals surface area contributed by atoms with E-state index in [2.05, 4.69) is 5.32 Å². The maximum atomic E-state index is 12.9. The Bertz CT molecular complexity index is 959. The second-order valence-corrected chi connectivity index (χ2v) is 7.64. The van der Waals surface area contributed by atoms with Gasteiger partial charge in [-0.3, -0.25) is 9.59 Å². The molecule has 2 amide bonds. The number of hydrogen-bond donors (Lipinski definition) is 1. The van der Waals surface area contributed by atoms with Crippen LogP contribution in [-0.2, 0) is 17.8 Å². The van der Waals surface area contributed by atoms with E-state index < -0.39 is 0 Å². The molecule has 1 aliphatic carbocycles. The Balaban J connectivity index is 1.53. The zero-order valence-corrected chi connectivity index (χ0v) is 17.5. The molecule has 30 heavy (non-hydrogen) atoms. The summed E-state index contributed by atoms with van der Waals surface area (Å²) in [6, 6.07) is 9.11. The molecule has 2 aliphatic rings. The number of carbonyl (C=O) groups is 2. The predicted octanol–water partition coefficient (Wildman–Crippen LogP) is 3.26. The maximum absolute atomic E-state index is 12.9. The van der Waals surface area contributed by atoms with Crippen molar-refractivity contribution in [2.45, 2.75) is 25.8 Å². The Morgan fingerprint density at radius 1 is 0.967 bits per heavy atom. The first-order chi connectivity index (χ1) is 14.5. The predicted molar refractivity (Wildman–Crippen MR) is 112 cm³/mol. The van der Waals surface area contributed by atoms with Crippen LogP contribution in [0.25, 0.3) is 0 Å². The summed E-state index contributed by atoms with van der Waals surface area (Å²) in [5.41, 5.74) is 3.39. The second-order valence-electron chi connectivity index (χ2n) is 7.64. The molecule has 1 heterocycles. The normalized spacial score (nSPS) is 15.2. The lowest BCUT2D eigenvalue weighted by molar-refractivity contribution is -0.133. The topological polar surface area (TPSA) is 77.1 Å². The molecule has 0 bridgehead atoms. The molecule has 0 aromatic heterocycles. The lowest BCUT2D eigenvalue weighted by atomic mass is 9.98. The standard InChI is InChI=1S/C23H26N2O5/c1-28-19-11-16(12-20(29-2)21(19)30-3)22(26)24-18-7-6-14-8-9-25(13-17(14)10-18)23(27)15-4-5-15/h6-7,10-12,15H,4-5,8-9,13H2,1-3H3,(H,24,26). The van der Waals surface area contributed by atoms with Crippen LogP contribution in [-0.4, -0.2) is 44.6 Å². The van der Waals surface area contributed by atoms with E-state index in [1.807, 2.05) is 23.1 Å². The van der Waals surface area contributed by atoms with E-state index in [1.165, 1.54) is 26.9 Å². The van der Waals surface area contributed by atoms with Gasteiger partial charge in [-0.2, -0.15) is 0 Å². The average Bonchev–Trinajstić information content (AvgIpc) is 3.62. The molecular formula is C23H26N2O5. The zero-order chi connectivity index (χ0) is 21.3. The minimum absolute atomic E-state index is 0.217. The van der Waals surface area contributed by atoms with Crippen LogP contribution in [0.5, 0.6) is 17.2 Å². The molecule has 2 aromatic rings. The van der Waals surface area contributed by atoms with E-state index in [4.69, 9.17) is 14.2 Å². The van der Waals surface area contributed by atoms with E-state index in [1.54, 1.807) is 12.1 Å². The van der Waals surface area contributed by atoms with Gasteiger partial charge in [0.25, 0.3) is 5.91 Å². The van der Waals surface area contributed by atoms with Crippen molar-refractivity contribution < 1.29 is 23.8 Å². The van der Waals surface area contributed by atoms with Gasteiger partial charge in [-0.15, -0.1) is 0 Å². The van der Waals surface area contributed by atoms with Crippen LogP contribution in [0, 0.1) is 5.92 Å². The summed E-state index contributed by atoms with van der Waals surface area (Å²) in [6.45, 7) is 1.36. The maximum Gasteiger partial charge on any atom is 0.255 e. The van der Waals surface area contributed by atoms with Gasteiger partial charge in [0, 0.05) is 30.3 Å². The van der Waals surface area contributed by atoms with E-state index in [0.717, 1.165) is 31.4 Å². The minimum atomic E-state index is -0.282. The molecule has 0 radical (unpaired) electrons. The Hall–Kier alpha value is -3.22. The molecule has 0 unspecified atom stereocenters. The summed E-state index contributed by atoms with van der Waals surface area (Å²) in [6.07, 6.45) is 2.86. The Morgan fingerprint density at radius 2 is 1.67 bits per heavy atom. The highest BCUT2D eigenvalue weighted by Crippen LogP contribution is 2.38. The smallest absolute Gasteiger partial charge is 0.255 e. The van der Waals surface area contributed by atoms with Gasteiger partial charge in [-0.1, -0.05) is 6.07 Å². The SMILES string of the molecule is COc1cc(C(=O)Nc2ccc3c(c2)CN(C(=O)C2CC2)CC3)cc(OC)c1OC. The van der Waals surface area contributed by atoms with Crippen molar-refractivity contribution in [3.8, 4) is 17.2 Å². The second kappa shape index (κ2) is 8.26. The van der Waals surface area contributed by atoms with Gasteiger partial charge >= 0.3 is 0 Å². The summed E-state index contributed by atoms with van der Waals surface area (Å²) < 4.78 is 16.0. The molecule has 1 fully saturated rings. The van der Waals surface area contributed by atoms with Crippen molar-refractivity contribution in [1.29, 1.82) is 0 Å². The highest BCUT2D eigenvalue weighted by Gasteiger charge is 2.34. The van der Waals surface area contributed by atoms with Gasteiger partial charge in [0.05, 0.1) is 21.3 Å². The van der Waals surface area contributed by atoms with Crippen molar-refractivity contribution in [2.24, 2.45) is 5.92 Å². The van der Waals surface area contributed by atoms with Gasteiger partial charge in [0.15, 0.2) is 11.5 Å². The number of nitrogens with one attached hydrogen (secondary N) is 1. The van der Waals surface area contributed by atoms with E-state index in [9.17, 15) is 9.59 Å². The lowest BCUT2D eigenvalue weighted by Gasteiger charge is -2.29. The number of methoxy groups -OCH3 is 3. The summed E-state index contributed by atoms with van der Waals surface area (Å²) in [5.74, 6) is 1.46. The van der Waals surface area contributed by atoms with E-state index in [-0.39, 0.29) is 17.7 Å². The van der Waals surface area contributed by atoms with Gasteiger partial charge < -0.3 is 24.4 Å². The van der Waals surface area contributed by atoms with Crippen LogP contribution in [0.1, 0.15) is 34.3 Å². The first-order valence-corrected chi connectivity index (χ1v) is 10.1. The van der Waals surface area contributed by atoms with Crippen molar-refractivity contribution >= 4 is 17.5 Å². The first-order valence-electron chi connectivity index (χ1n) is 10.1. The van der Waals surface area contributed by atoms with E-state index in [0.29, 0.717) is 35.0 Å². The van der Waals surface area contributed by atoms with Crippen molar-refractivity contribution in [2.75, 3.05) is 33.2 Å². The summed E-state index contributed by atoms with van der Waals surface area (Å²) in [4.78, 5) is 27.2. The molecule has 158 valence electrons. The lowest BCUT2D eigenvalue weighted by Crippen LogP contribution is -2.36. The Labute approximate surface area is 175 Å². The van der Waals surface area contributed by atoms with Gasteiger partial charge in [-0.25, -0.2) is 0 Å². The highest BCUT2D eigenvalue weighted by atomic mass is 16.5. The molecule has 0 atom stereocenters. The number of fused-ring (bicyclic) bond motifs is 1. The number of ether oxygens (including phenoxy) is 3. The highest BCUT2D eigenvalue weighted by molar-refractivity contribution is 6.05. The third-order valence-electron chi connectivity index (χ3n) is 5.64. The van der Waals surface area contributed by atoms with Gasteiger partial charge in [0.1, 0.15) is 0 Å². The van der Waals surface area contributed by atoms with Crippen molar-refractivity contribution in [1.82, 2.24) is 4.90 Å². The minimum Gasteiger partial charge on any atom is -0.493 e. The molecule has 0 saturated heterocycles. The fourth-order valence-electron chi connectivity index (χ4n) is 3.83. The molecule has 1 N–H and O–H groups in total. The fraction of sp³-hybridized carbons (Fsp3) is 0.391. The number of hydrogen-bond acceptors (Lipinski definition) is 5. The largest absolute Gasteiger partial charge is 0.493 e. The van der Waals surface area contributed by atoms with Crippen LogP contribution in [0.2, 0.25) is 0 Å². The third-order valence-corrected chi connectivity index (χ3v) is 5.64. The molecule has 1 aliphatic heterocycles. The summed E-state index contributed by atoms with van der Waals surface area (Å²) in [7, 11) is 4.54. The Morgan fingerprint density at radius 3 is 2.27 bits per heavy atom. The molecule has 4 rings (SSSR count). The number of anilines is 1. The summed E-state index contributed by atoms with van der Waals surface area (Å²) >= 11 is 0. The number of carbonyl (C=O) groups excluding carboxylic acids is 2. The third kappa shape index (κ3) is 3.92. The summed E-state index contributed by atoms with van der Waals surface area (Å²) in [5, 5.41) is 2.93. The number of amides is 2.